The van der Waals surface area contributed by atoms with Crippen LogP contribution in [0.15, 0.2) is 23.1 Å². The minimum atomic E-state index is -3.44. The molecule has 19 heavy (non-hydrogen) atoms. The van der Waals surface area contributed by atoms with Crippen LogP contribution in [0.1, 0.15) is 24.8 Å². The molecule has 1 fully saturated rings. The van der Waals surface area contributed by atoms with E-state index in [2.05, 4.69) is 10.0 Å². The molecule has 0 amide bonds. The number of benzene rings is 1. The zero-order valence-electron chi connectivity index (χ0n) is 10.9. The SMILES string of the molecule is Cc1cc(Cl)ccc1S(=O)(=O)NCCC1CCCN1. The van der Waals surface area contributed by atoms with Gasteiger partial charge in [-0.05, 0) is 56.5 Å². The van der Waals surface area contributed by atoms with E-state index < -0.39 is 10.0 Å². The number of halogens is 1. The number of hydrogen-bond donors (Lipinski definition) is 2. The van der Waals surface area contributed by atoms with Crippen molar-refractivity contribution >= 4 is 21.6 Å². The summed E-state index contributed by atoms with van der Waals surface area (Å²) in [5, 5.41) is 3.90. The highest BCUT2D eigenvalue weighted by molar-refractivity contribution is 7.89. The first kappa shape index (κ1) is 14.8. The molecule has 1 saturated heterocycles. The van der Waals surface area contributed by atoms with E-state index in [1.165, 1.54) is 6.42 Å². The average molecular weight is 303 g/mol. The Labute approximate surface area is 119 Å². The third-order valence-corrected chi connectivity index (χ3v) is 5.23. The van der Waals surface area contributed by atoms with Gasteiger partial charge in [-0.1, -0.05) is 11.6 Å². The molecule has 1 heterocycles. The maximum Gasteiger partial charge on any atom is 0.240 e. The molecule has 6 heteroatoms. The van der Waals surface area contributed by atoms with Crippen LogP contribution >= 0.6 is 11.6 Å². The highest BCUT2D eigenvalue weighted by Gasteiger charge is 2.18. The van der Waals surface area contributed by atoms with Crippen LogP contribution in [0.4, 0.5) is 0 Å². The van der Waals surface area contributed by atoms with Crippen LogP contribution in [-0.2, 0) is 10.0 Å². The minimum Gasteiger partial charge on any atom is -0.314 e. The van der Waals surface area contributed by atoms with Crippen LogP contribution in [0, 0.1) is 6.92 Å². The van der Waals surface area contributed by atoms with Gasteiger partial charge in [-0.2, -0.15) is 0 Å². The molecule has 1 aliphatic heterocycles. The fraction of sp³-hybridized carbons (Fsp3) is 0.538. The van der Waals surface area contributed by atoms with Gasteiger partial charge in [-0.15, -0.1) is 0 Å². The van der Waals surface area contributed by atoms with Crippen LogP contribution in [0.2, 0.25) is 5.02 Å². The summed E-state index contributed by atoms with van der Waals surface area (Å²) in [5.41, 5.74) is 0.666. The van der Waals surface area contributed by atoms with Crippen molar-refractivity contribution in [2.75, 3.05) is 13.1 Å². The average Bonchev–Trinajstić information content (AvgIpc) is 2.81. The normalized spacial score (nSPS) is 19.8. The molecule has 106 valence electrons. The largest absolute Gasteiger partial charge is 0.314 e. The van der Waals surface area contributed by atoms with Gasteiger partial charge in [-0.3, -0.25) is 0 Å². The molecule has 2 N–H and O–H groups in total. The molecular weight excluding hydrogens is 284 g/mol. The monoisotopic (exact) mass is 302 g/mol. The highest BCUT2D eigenvalue weighted by atomic mass is 35.5. The maximum atomic E-state index is 12.2. The fourth-order valence-electron chi connectivity index (χ4n) is 2.36. The second kappa shape index (κ2) is 6.22. The summed E-state index contributed by atoms with van der Waals surface area (Å²) in [6.45, 7) is 3.24. The Hall–Kier alpha value is -0.620. The van der Waals surface area contributed by atoms with Crippen molar-refractivity contribution in [3.63, 3.8) is 0 Å². The zero-order chi connectivity index (χ0) is 13.9. The van der Waals surface area contributed by atoms with E-state index in [9.17, 15) is 8.42 Å². The van der Waals surface area contributed by atoms with Gasteiger partial charge >= 0.3 is 0 Å². The van der Waals surface area contributed by atoms with Gasteiger partial charge in [0.15, 0.2) is 0 Å². The molecule has 1 unspecified atom stereocenters. The lowest BCUT2D eigenvalue weighted by Gasteiger charge is -2.12. The van der Waals surface area contributed by atoms with E-state index in [1.54, 1.807) is 25.1 Å². The van der Waals surface area contributed by atoms with Crippen molar-refractivity contribution in [2.24, 2.45) is 0 Å². The Balaban J connectivity index is 1.97. The predicted octanol–water partition coefficient (Wildman–Crippen LogP) is 2.07. The van der Waals surface area contributed by atoms with Gasteiger partial charge in [0, 0.05) is 17.6 Å². The molecule has 0 radical (unpaired) electrons. The number of nitrogens with one attached hydrogen (secondary N) is 2. The quantitative estimate of drug-likeness (QED) is 0.875. The molecule has 0 saturated carbocycles. The van der Waals surface area contributed by atoms with Gasteiger partial charge < -0.3 is 5.32 Å². The second-order valence-electron chi connectivity index (χ2n) is 4.89. The predicted molar refractivity (Wildman–Crippen MR) is 77.0 cm³/mol. The lowest BCUT2D eigenvalue weighted by Crippen LogP contribution is -2.31. The Bertz CT molecular complexity index is 540. The van der Waals surface area contributed by atoms with Gasteiger partial charge in [0.2, 0.25) is 10.0 Å². The van der Waals surface area contributed by atoms with Crippen LogP contribution in [-0.4, -0.2) is 27.5 Å². The molecule has 0 bridgehead atoms. The fourth-order valence-corrected chi connectivity index (χ4v) is 3.86. The van der Waals surface area contributed by atoms with Crippen LogP contribution in [0.5, 0.6) is 0 Å². The molecule has 4 nitrogen and oxygen atoms in total. The first-order chi connectivity index (χ1) is 8.99. The van der Waals surface area contributed by atoms with Gasteiger partial charge in [0.05, 0.1) is 4.90 Å². The first-order valence-corrected chi connectivity index (χ1v) is 8.34. The summed E-state index contributed by atoms with van der Waals surface area (Å²) >= 11 is 5.83. The van der Waals surface area contributed by atoms with E-state index in [0.717, 1.165) is 19.4 Å². The minimum absolute atomic E-state index is 0.302. The standard InChI is InChI=1S/C13H19ClN2O2S/c1-10-9-11(14)4-5-13(10)19(17,18)16-8-6-12-3-2-7-15-12/h4-5,9,12,15-16H,2-3,6-8H2,1H3. The van der Waals surface area contributed by atoms with Gasteiger partial charge in [0.25, 0.3) is 0 Å². The Morgan fingerprint density at radius 3 is 2.89 bits per heavy atom. The van der Waals surface area contributed by atoms with Crippen LogP contribution in [0.3, 0.4) is 0 Å². The van der Waals surface area contributed by atoms with E-state index in [4.69, 9.17) is 11.6 Å². The van der Waals surface area contributed by atoms with Gasteiger partial charge in [-0.25, -0.2) is 13.1 Å². The maximum absolute atomic E-state index is 12.2. The number of rotatable bonds is 5. The Morgan fingerprint density at radius 1 is 1.47 bits per heavy atom. The zero-order valence-corrected chi connectivity index (χ0v) is 12.5. The highest BCUT2D eigenvalue weighted by Crippen LogP contribution is 2.19. The molecule has 1 aliphatic rings. The molecular formula is C13H19ClN2O2S. The van der Waals surface area contributed by atoms with Crippen molar-refractivity contribution < 1.29 is 8.42 Å². The van der Waals surface area contributed by atoms with Crippen molar-refractivity contribution in [3.8, 4) is 0 Å². The van der Waals surface area contributed by atoms with Crippen molar-refractivity contribution in [2.45, 2.75) is 37.1 Å². The third-order valence-electron chi connectivity index (χ3n) is 3.37. The number of hydrogen-bond acceptors (Lipinski definition) is 3. The van der Waals surface area contributed by atoms with Crippen molar-refractivity contribution in [1.29, 1.82) is 0 Å². The number of aryl methyl sites for hydroxylation is 1. The van der Waals surface area contributed by atoms with Crippen molar-refractivity contribution in [3.05, 3.63) is 28.8 Å². The van der Waals surface area contributed by atoms with Crippen LogP contribution < -0.4 is 10.0 Å². The molecule has 2 rings (SSSR count). The van der Waals surface area contributed by atoms with E-state index in [0.29, 0.717) is 28.1 Å². The summed E-state index contributed by atoms with van der Waals surface area (Å²) in [7, 11) is -3.44. The lowest BCUT2D eigenvalue weighted by atomic mass is 10.2. The topological polar surface area (TPSA) is 58.2 Å². The second-order valence-corrected chi connectivity index (χ2v) is 7.06. The lowest BCUT2D eigenvalue weighted by molar-refractivity contribution is 0.539. The summed E-state index contributed by atoms with van der Waals surface area (Å²) < 4.78 is 27.0. The molecule has 1 atom stereocenters. The van der Waals surface area contributed by atoms with Gasteiger partial charge in [0.1, 0.15) is 0 Å². The van der Waals surface area contributed by atoms with Crippen molar-refractivity contribution in [1.82, 2.24) is 10.0 Å². The van der Waals surface area contributed by atoms with Crippen LogP contribution in [0.25, 0.3) is 0 Å². The molecule has 0 spiro atoms. The Morgan fingerprint density at radius 2 is 2.26 bits per heavy atom. The number of sulfonamides is 1. The molecule has 1 aromatic carbocycles. The Kier molecular flexibility index (Phi) is 4.84. The summed E-state index contributed by atoms with van der Waals surface area (Å²) in [6.07, 6.45) is 3.13. The van der Waals surface area contributed by atoms with E-state index in [1.807, 2.05) is 0 Å². The first-order valence-electron chi connectivity index (χ1n) is 6.48. The van der Waals surface area contributed by atoms with E-state index in [-0.39, 0.29) is 0 Å². The smallest absolute Gasteiger partial charge is 0.240 e. The molecule has 0 aliphatic carbocycles. The summed E-state index contributed by atoms with van der Waals surface area (Å²) in [5.74, 6) is 0. The molecule has 0 aromatic heterocycles. The molecule has 1 aromatic rings. The third kappa shape index (κ3) is 3.92. The summed E-state index contributed by atoms with van der Waals surface area (Å²) in [4.78, 5) is 0.302. The summed E-state index contributed by atoms with van der Waals surface area (Å²) in [6, 6.07) is 5.25. The van der Waals surface area contributed by atoms with E-state index >= 15 is 0 Å².